The van der Waals surface area contributed by atoms with Crippen LogP contribution < -0.4 is 5.32 Å². The molecule has 0 bridgehead atoms. The van der Waals surface area contributed by atoms with Crippen LogP contribution in [-0.2, 0) is 9.59 Å². The standard InChI is InChI=1S/C16H22N2O2/c1-10(2)18-9-13(8-15(18)19)16(20)17-14-7-11(3)5-6-12(14)4/h5-7,10,13H,8-9H2,1-4H3,(H,17,20)/t13-/m1/s1. The van der Waals surface area contributed by atoms with Crippen molar-refractivity contribution in [2.75, 3.05) is 11.9 Å². The summed E-state index contributed by atoms with van der Waals surface area (Å²) in [6.07, 6.45) is 0.314. The highest BCUT2D eigenvalue weighted by molar-refractivity contribution is 5.97. The third kappa shape index (κ3) is 3.00. The molecule has 1 aliphatic heterocycles. The summed E-state index contributed by atoms with van der Waals surface area (Å²) in [5.41, 5.74) is 2.98. The Kier molecular flexibility index (Phi) is 4.12. The molecule has 0 aromatic heterocycles. The van der Waals surface area contributed by atoms with E-state index < -0.39 is 0 Å². The van der Waals surface area contributed by atoms with Gasteiger partial charge in [-0.3, -0.25) is 9.59 Å². The van der Waals surface area contributed by atoms with E-state index in [1.807, 2.05) is 45.9 Å². The van der Waals surface area contributed by atoms with Crippen molar-refractivity contribution in [3.63, 3.8) is 0 Å². The predicted octanol–water partition coefficient (Wildman–Crippen LogP) is 2.50. The summed E-state index contributed by atoms with van der Waals surface area (Å²) in [6.45, 7) is 8.43. The summed E-state index contributed by atoms with van der Waals surface area (Å²) < 4.78 is 0. The van der Waals surface area contributed by atoms with Crippen LogP contribution in [-0.4, -0.2) is 29.3 Å². The molecule has 0 saturated carbocycles. The Hall–Kier alpha value is -1.84. The lowest BCUT2D eigenvalue weighted by Gasteiger charge is -2.20. The van der Waals surface area contributed by atoms with Crippen molar-refractivity contribution in [3.8, 4) is 0 Å². The number of hydrogen-bond donors (Lipinski definition) is 1. The van der Waals surface area contributed by atoms with Crippen molar-refractivity contribution in [1.29, 1.82) is 0 Å². The monoisotopic (exact) mass is 274 g/mol. The second-order valence-electron chi connectivity index (χ2n) is 5.85. The lowest BCUT2D eigenvalue weighted by molar-refractivity contribution is -0.129. The van der Waals surface area contributed by atoms with E-state index in [-0.39, 0.29) is 23.8 Å². The Bertz CT molecular complexity index is 537. The molecule has 1 atom stereocenters. The third-order valence-electron chi connectivity index (χ3n) is 3.80. The number of carbonyl (C=O) groups excluding carboxylic acids is 2. The van der Waals surface area contributed by atoms with Gasteiger partial charge in [-0.25, -0.2) is 0 Å². The zero-order valence-electron chi connectivity index (χ0n) is 12.6. The topological polar surface area (TPSA) is 49.4 Å². The quantitative estimate of drug-likeness (QED) is 0.920. The Labute approximate surface area is 120 Å². The molecule has 2 amide bonds. The molecule has 1 fully saturated rings. The second kappa shape index (κ2) is 5.65. The van der Waals surface area contributed by atoms with Crippen molar-refractivity contribution in [1.82, 2.24) is 4.90 Å². The highest BCUT2D eigenvalue weighted by Gasteiger charge is 2.35. The minimum absolute atomic E-state index is 0.0600. The molecule has 0 spiro atoms. The summed E-state index contributed by atoms with van der Waals surface area (Å²) in [5, 5.41) is 2.96. The minimum Gasteiger partial charge on any atom is -0.339 e. The second-order valence-corrected chi connectivity index (χ2v) is 5.85. The van der Waals surface area contributed by atoms with Crippen LogP contribution in [0.2, 0.25) is 0 Å². The molecule has 4 heteroatoms. The summed E-state index contributed by atoms with van der Waals surface area (Å²) in [4.78, 5) is 25.9. The molecule has 0 radical (unpaired) electrons. The Morgan fingerprint density at radius 1 is 1.35 bits per heavy atom. The molecule has 2 rings (SSSR count). The highest BCUT2D eigenvalue weighted by Crippen LogP contribution is 2.23. The van der Waals surface area contributed by atoms with E-state index in [2.05, 4.69) is 5.32 Å². The average molecular weight is 274 g/mol. The maximum absolute atomic E-state index is 12.3. The number of nitrogens with one attached hydrogen (secondary N) is 1. The van der Waals surface area contributed by atoms with Gasteiger partial charge in [-0.05, 0) is 44.9 Å². The Morgan fingerprint density at radius 2 is 2.05 bits per heavy atom. The fourth-order valence-corrected chi connectivity index (χ4v) is 2.51. The van der Waals surface area contributed by atoms with E-state index in [4.69, 9.17) is 0 Å². The number of rotatable bonds is 3. The third-order valence-corrected chi connectivity index (χ3v) is 3.80. The Balaban J connectivity index is 2.06. The molecular weight excluding hydrogens is 252 g/mol. The van der Waals surface area contributed by atoms with Crippen LogP contribution in [0.4, 0.5) is 5.69 Å². The number of hydrogen-bond acceptors (Lipinski definition) is 2. The van der Waals surface area contributed by atoms with Crippen LogP contribution in [0.5, 0.6) is 0 Å². The smallest absolute Gasteiger partial charge is 0.229 e. The molecule has 1 aliphatic rings. The largest absolute Gasteiger partial charge is 0.339 e. The zero-order valence-corrected chi connectivity index (χ0v) is 12.6. The van der Waals surface area contributed by atoms with Gasteiger partial charge in [0.15, 0.2) is 0 Å². The van der Waals surface area contributed by atoms with Gasteiger partial charge in [-0.15, -0.1) is 0 Å². The van der Waals surface area contributed by atoms with E-state index in [1.165, 1.54) is 0 Å². The lowest BCUT2D eigenvalue weighted by atomic mass is 10.1. The first kappa shape index (κ1) is 14.6. The molecule has 108 valence electrons. The minimum atomic E-state index is -0.246. The van der Waals surface area contributed by atoms with Crippen LogP contribution in [0, 0.1) is 19.8 Å². The maximum Gasteiger partial charge on any atom is 0.229 e. The first-order valence-corrected chi connectivity index (χ1v) is 7.06. The number of amides is 2. The Morgan fingerprint density at radius 3 is 2.65 bits per heavy atom. The highest BCUT2D eigenvalue weighted by atomic mass is 16.2. The van der Waals surface area contributed by atoms with Crippen molar-refractivity contribution in [2.45, 2.75) is 40.2 Å². The van der Waals surface area contributed by atoms with Crippen LogP contribution >= 0.6 is 0 Å². The van der Waals surface area contributed by atoms with Crippen LogP contribution in [0.15, 0.2) is 18.2 Å². The number of benzene rings is 1. The molecular formula is C16H22N2O2. The van der Waals surface area contributed by atoms with Gasteiger partial charge >= 0.3 is 0 Å². The predicted molar refractivity (Wildman–Crippen MR) is 79.5 cm³/mol. The van der Waals surface area contributed by atoms with Gasteiger partial charge in [-0.1, -0.05) is 12.1 Å². The van der Waals surface area contributed by atoms with E-state index >= 15 is 0 Å². The summed E-state index contributed by atoms with van der Waals surface area (Å²) in [5.74, 6) is -0.235. The zero-order chi connectivity index (χ0) is 14.9. The van der Waals surface area contributed by atoms with Crippen LogP contribution in [0.25, 0.3) is 0 Å². The molecule has 4 nitrogen and oxygen atoms in total. The van der Waals surface area contributed by atoms with Gasteiger partial charge in [-0.2, -0.15) is 0 Å². The summed E-state index contributed by atoms with van der Waals surface area (Å²) in [6, 6.07) is 6.13. The molecule has 0 aliphatic carbocycles. The van der Waals surface area contributed by atoms with Crippen molar-refractivity contribution in [3.05, 3.63) is 29.3 Å². The van der Waals surface area contributed by atoms with E-state index in [0.717, 1.165) is 16.8 Å². The number of carbonyl (C=O) groups is 2. The number of likely N-dealkylation sites (tertiary alicyclic amines) is 1. The van der Waals surface area contributed by atoms with Gasteiger partial charge in [0.2, 0.25) is 11.8 Å². The normalized spacial score (nSPS) is 18.8. The molecule has 1 heterocycles. The molecule has 20 heavy (non-hydrogen) atoms. The number of nitrogens with zero attached hydrogens (tertiary/aromatic N) is 1. The van der Waals surface area contributed by atoms with E-state index in [9.17, 15) is 9.59 Å². The molecule has 1 saturated heterocycles. The van der Waals surface area contributed by atoms with Crippen molar-refractivity contribution >= 4 is 17.5 Å². The molecule has 0 unspecified atom stereocenters. The van der Waals surface area contributed by atoms with Gasteiger partial charge < -0.3 is 10.2 Å². The average Bonchev–Trinajstić information content (AvgIpc) is 2.76. The summed E-state index contributed by atoms with van der Waals surface area (Å²) >= 11 is 0. The van der Waals surface area contributed by atoms with Gasteiger partial charge in [0.1, 0.15) is 0 Å². The summed E-state index contributed by atoms with van der Waals surface area (Å²) in [7, 11) is 0. The van der Waals surface area contributed by atoms with Crippen molar-refractivity contribution < 1.29 is 9.59 Å². The molecule has 1 aromatic rings. The maximum atomic E-state index is 12.3. The van der Waals surface area contributed by atoms with Crippen molar-refractivity contribution in [2.24, 2.45) is 5.92 Å². The van der Waals surface area contributed by atoms with E-state index in [1.54, 1.807) is 4.90 Å². The SMILES string of the molecule is Cc1ccc(C)c(NC(=O)[C@@H]2CC(=O)N(C(C)C)C2)c1. The van der Waals surface area contributed by atoms with E-state index in [0.29, 0.717) is 13.0 Å². The van der Waals surface area contributed by atoms with Crippen LogP contribution in [0.1, 0.15) is 31.4 Å². The number of aryl methyl sites for hydroxylation is 2. The molecule has 1 N–H and O–H groups in total. The fourth-order valence-electron chi connectivity index (χ4n) is 2.51. The first-order chi connectivity index (χ1) is 9.38. The lowest BCUT2D eigenvalue weighted by Crippen LogP contribution is -2.33. The van der Waals surface area contributed by atoms with Gasteiger partial charge in [0, 0.05) is 24.7 Å². The van der Waals surface area contributed by atoms with Crippen LogP contribution in [0.3, 0.4) is 0 Å². The first-order valence-electron chi connectivity index (χ1n) is 7.06. The molecule has 1 aromatic carbocycles. The van der Waals surface area contributed by atoms with Gasteiger partial charge in [0.25, 0.3) is 0 Å². The fraction of sp³-hybridized carbons (Fsp3) is 0.500. The number of anilines is 1. The van der Waals surface area contributed by atoms with Gasteiger partial charge in [0.05, 0.1) is 5.92 Å².